The normalized spacial score (nSPS) is 15.9. The number of ether oxygens (including phenoxy) is 1. The number of allylic oxidation sites excluding steroid dienone is 1. The van der Waals surface area contributed by atoms with Crippen molar-refractivity contribution in [1.29, 1.82) is 0 Å². The first-order valence-corrected chi connectivity index (χ1v) is 10.9. The fourth-order valence-electron chi connectivity index (χ4n) is 2.83. The molecular weight excluding hydrogens is 406 g/mol. The molecule has 10 heteroatoms. The molecule has 0 unspecified atom stereocenters. The number of benzene rings is 1. The number of hydrogen-bond acceptors (Lipinski definition) is 5. The Kier molecular flexibility index (Phi) is 8.12. The van der Waals surface area contributed by atoms with E-state index in [1.165, 1.54) is 4.90 Å². The van der Waals surface area contributed by atoms with Crippen LogP contribution in [0.4, 0.5) is 13.6 Å². The van der Waals surface area contributed by atoms with Crippen LogP contribution in [-0.2, 0) is 14.6 Å². The highest BCUT2D eigenvalue weighted by molar-refractivity contribution is 7.91. The zero-order chi connectivity index (χ0) is 21.4. The maximum atomic E-state index is 12.3. The van der Waals surface area contributed by atoms with E-state index in [-0.39, 0.29) is 48.6 Å². The molecule has 1 atom stereocenters. The van der Waals surface area contributed by atoms with Gasteiger partial charge in [0.1, 0.15) is 18.9 Å². The maximum Gasteiger partial charge on any atom is 0.324 e. The van der Waals surface area contributed by atoms with Crippen LogP contribution in [0.15, 0.2) is 36.4 Å². The predicted octanol–water partition coefficient (Wildman–Crippen LogP) is 2.35. The van der Waals surface area contributed by atoms with Crippen molar-refractivity contribution in [1.82, 2.24) is 10.2 Å². The molecule has 1 fully saturated rings. The molecule has 1 aliphatic rings. The molecule has 1 aromatic rings. The number of nitrogens with zero attached hydrogens (tertiary/aromatic N) is 1. The average Bonchev–Trinajstić information content (AvgIpc) is 2.96. The molecule has 1 heterocycles. The maximum absolute atomic E-state index is 12.3. The first kappa shape index (κ1) is 22.8. The second kappa shape index (κ2) is 10.3. The summed E-state index contributed by atoms with van der Waals surface area (Å²) in [7, 11) is -3.35. The second-order valence-corrected chi connectivity index (χ2v) is 9.01. The van der Waals surface area contributed by atoms with Crippen molar-refractivity contribution >= 4 is 21.8 Å². The number of nitrogens with one attached hydrogen (secondary N) is 1. The minimum Gasteiger partial charge on any atom is -0.488 e. The largest absolute Gasteiger partial charge is 0.488 e. The first-order valence-electron chi connectivity index (χ1n) is 9.11. The number of sulfone groups is 1. The molecule has 1 N–H and O–H groups in total. The summed E-state index contributed by atoms with van der Waals surface area (Å²) in [5.74, 6) is -0.538. The van der Waals surface area contributed by atoms with Crippen molar-refractivity contribution in [2.45, 2.75) is 25.7 Å². The van der Waals surface area contributed by atoms with Crippen LogP contribution in [-0.4, -0.2) is 62.9 Å². The van der Waals surface area contributed by atoms with Gasteiger partial charge in [0.2, 0.25) is 5.91 Å². The van der Waals surface area contributed by atoms with Gasteiger partial charge < -0.3 is 9.64 Å². The quantitative estimate of drug-likeness (QED) is 0.430. The highest BCUT2D eigenvalue weighted by atomic mass is 32.2. The lowest BCUT2D eigenvalue weighted by Crippen LogP contribution is -2.28. The Bertz CT molecular complexity index is 858. The number of imide groups is 1. The summed E-state index contributed by atoms with van der Waals surface area (Å²) < 4.78 is 54.2. The second-order valence-electron chi connectivity index (χ2n) is 6.78. The molecule has 29 heavy (non-hydrogen) atoms. The topological polar surface area (TPSA) is 92.8 Å². The number of urea groups is 1. The van der Waals surface area contributed by atoms with E-state index < -0.39 is 28.9 Å². The summed E-state index contributed by atoms with van der Waals surface area (Å²) in [4.78, 5) is 23.8. The van der Waals surface area contributed by atoms with Gasteiger partial charge in [-0.25, -0.2) is 22.0 Å². The van der Waals surface area contributed by atoms with Gasteiger partial charge in [0.25, 0.3) is 6.43 Å². The Morgan fingerprint density at radius 3 is 2.69 bits per heavy atom. The third-order valence-electron chi connectivity index (χ3n) is 4.26. The van der Waals surface area contributed by atoms with E-state index in [0.29, 0.717) is 5.56 Å². The van der Waals surface area contributed by atoms with E-state index in [1.54, 1.807) is 43.3 Å². The number of halogens is 2. The molecular formula is C19H24F2N2O5S. The Morgan fingerprint density at radius 2 is 2.03 bits per heavy atom. The molecule has 0 radical (unpaired) electrons. The fourth-order valence-corrected chi connectivity index (χ4v) is 4.44. The summed E-state index contributed by atoms with van der Waals surface area (Å²) in [6, 6.07) is 6.04. The molecule has 160 valence electrons. The number of carbonyl (C=O) groups excluding carboxylic acids is 2. The van der Waals surface area contributed by atoms with Crippen LogP contribution in [0.1, 0.15) is 24.8 Å². The Labute approximate surface area is 168 Å². The SMILES string of the molecule is C[C@@H](CS(=O)(=O)CC/C=C/CN1CC(=O)NC1=O)c1cccc(OCC(F)F)c1. The van der Waals surface area contributed by atoms with Gasteiger partial charge in [-0.05, 0) is 30.0 Å². The van der Waals surface area contributed by atoms with E-state index in [4.69, 9.17) is 4.74 Å². The number of rotatable bonds is 11. The molecule has 7 nitrogen and oxygen atoms in total. The Morgan fingerprint density at radius 1 is 1.28 bits per heavy atom. The zero-order valence-electron chi connectivity index (χ0n) is 16.0. The summed E-state index contributed by atoms with van der Waals surface area (Å²) in [6.07, 6.45) is 1.03. The van der Waals surface area contributed by atoms with Crippen LogP contribution in [0, 0.1) is 0 Å². The van der Waals surface area contributed by atoms with Gasteiger partial charge >= 0.3 is 6.03 Å². The van der Waals surface area contributed by atoms with Gasteiger partial charge in [0, 0.05) is 6.54 Å². The molecule has 0 bridgehead atoms. The lowest BCUT2D eigenvalue weighted by molar-refractivity contribution is -0.118. The molecule has 1 aliphatic heterocycles. The third kappa shape index (κ3) is 7.80. The van der Waals surface area contributed by atoms with Gasteiger partial charge in [-0.15, -0.1) is 0 Å². The fraction of sp³-hybridized carbons (Fsp3) is 0.474. The molecule has 0 saturated carbocycles. The zero-order valence-corrected chi connectivity index (χ0v) is 16.8. The standard InChI is InChI=1S/C19H24F2N2O5S/c1-14(15-6-5-7-16(10-15)28-12-17(20)21)13-29(26,27)9-4-2-3-8-23-11-18(24)22-19(23)25/h2-3,5-7,10,14,17H,4,8-9,11-13H2,1H3,(H,22,24,25)/b3-2+/t14-/m0/s1. The molecule has 2 rings (SSSR count). The van der Waals surface area contributed by atoms with Crippen molar-refractivity contribution < 1.29 is 31.5 Å². The molecule has 1 saturated heterocycles. The minimum atomic E-state index is -3.35. The average molecular weight is 430 g/mol. The van der Waals surface area contributed by atoms with Crippen LogP contribution in [0.5, 0.6) is 5.75 Å². The van der Waals surface area contributed by atoms with Crippen molar-refractivity contribution in [3.8, 4) is 5.75 Å². The number of carbonyl (C=O) groups is 2. The van der Waals surface area contributed by atoms with Gasteiger partial charge in [-0.2, -0.15) is 0 Å². The predicted molar refractivity (Wildman–Crippen MR) is 104 cm³/mol. The molecule has 3 amide bonds. The Hall–Kier alpha value is -2.49. The van der Waals surface area contributed by atoms with E-state index in [1.807, 2.05) is 0 Å². The van der Waals surface area contributed by atoms with Crippen LogP contribution in [0.2, 0.25) is 0 Å². The van der Waals surface area contributed by atoms with E-state index >= 15 is 0 Å². The number of amides is 3. The van der Waals surface area contributed by atoms with Crippen LogP contribution in [0.3, 0.4) is 0 Å². The minimum absolute atomic E-state index is 0.000914. The van der Waals surface area contributed by atoms with Gasteiger partial charge in [0.05, 0.1) is 11.5 Å². The lowest BCUT2D eigenvalue weighted by Gasteiger charge is -2.14. The highest BCUT2D eigenvalue weighted by Gasteiger charge is 2.25. The van der Waals surface area contributed by atoms with Gasteiger partial charge in [-0.1, -0.05) is 31.2 Å². The Balaban J connectivity index is 1.81. The number of hydrogen-bond donors (Lipinski definition) is 1. The van der Waals surface area contributed by atoms with Crippen molar-refractivity contribution in [2.24, 2.45) is 0 Å². The summed E-state index contributed by atoms with van der Waals surface area (Å²) in [5.41, 5.74) is 0.695. The van der Waals surface area contributed by atoms with Crippen molar-refractivity contribution in [3.05, 3.63) is 42.0 Å². The third-order valence-corrected chi connectivity index (χ3v) is 6.13. The lowest BCUT2D eigenvalue weighted by atomic mass is 10.0. The smallest absolute Gasteiger partial charge is 0.324 e. The summed E-state index contributed by atoms with van der Waals surface area (Å²) in [5, 5.41) is 2.16. The van der Waals surface area contributed by atoms with Gasteiger partial charge in [-0.3, -0.25) is 10.1 Å². The number of alkyl halides is 2. The van der Waals surface area contributed by atoms with Gasteiger partial charge in [0.15, 0.2) is 9.84 Å². The first-order chi connectivity index (χ1) is 13.7. The molecule has 1 aromatic carbocycles. The molecule has 0 spiro atoms. The monoisotopic (exact) mass is 430 g/mol. The van der Waals surface area contributed by atoms with Crippen molar-refractivity contribution in [3.63, 3.8) is 0 Å². The van der Waals surface area contributed by atoms with Crippen LogP contribution in [0.25, 0.3) is 0 Å². The highest BCUT2D eigenvalue weighted by Crippen LogP contribution is 2.23. The summed E-state index contributed by atoms with van der Waals surface area (Å²) in [6.45, 7) is 1.27. The van der Waals surface area contributed by atoms with Crippen LogP contribution < -0.4 is 10.1 Å². The van der Waals surface area contributed by atoms with E-state index in [9.17, 15) is 26.8 Å². The van der Waals surface area contributed by atoms with Crippen molar-refractivity contribution in [2.75, 3.05) is 31.2 Å². The summed E-state index contributed by atoms with van der Waals surface area (Å²) >= 11 is 0. The molecule has 0 aromatic heterocycles. The van der Waals surface area contributed by atoms with E-state index in [0.717, 1.165) is 0 Å². The van der Waals surface area contributed by atoms with Crippen LogP contribution >= 0.6 is 0 Å². The molecule has 0 aliphatic carbocycles. The van der Waals surface area contributed by atoms with E-state index in [2.05, 4.69) is 5.32 Å².